The van der Waals surface area contributed by atoms with E-state index in [4.69, 9.17) is 4.74 Å². The Kier molecular flexibility index (Phi) is 2.73. The molecule has 2 heterocycles. The summed E-state index contributed by atoms with van der Waals surface area (Å²) in [7, 11) is 0. The fourth-order valence-electron chi connectivity index (χ4n) is 4.08. The highest BCUT2D eigenvalue weighted by Gasteiger charge is 2.43. The van der Waals surface area contributed by atoms with Crippen molar-refractivity contribution < 1.29 is 9.30 Å². The van der Waals surface area contributed by atoms with Gasteiger partial charge in [-0.25, -0.2) is 4.57 Å². The smallest absolute Gasteiger partial charge is 0.250 e. The highest BCUT2D eigenvalue weighted by atomic mass is 16.5. The van der Waals surface area contributed by atoms with Crippen molar-refractivity contribution in [3.8, 4) is 5.69 Å². The summed E-state index contributed by atoms with van der Waals surface area (Å²) >= 11 is 0. The monoisotopic (exact) mass is 303 g/mol. The van der Waals surface area contributed by atoms with E-state index in [0.717, 1.165) is 6.42 Å². The molecule has 0 fully saturated rings. The maximum Gasteiger partial charge on any atom is 0.250 e. The third-order valence-electron chi connectivity index (χ3n) is 5.25. The molecule has 23 heavy (non-hydrogen) atoms. The summed E-state index contributed by atoms with van der Waals surface area (Å²) in [4.78, 5) is 0. The van der Waals surface area contributed by atoms with Crippen LogP contribution in [-0.4, -0.2) is 10.7 Å². The molecule has 1 aliphatic heterocycles. The summed E-state index contributed by atoms with van der Waals surface area (Å²) < 4.78 is 10.9. The van der Waals surface area contributed by atoms with E-state index in [1.54, 1.807) is 0 Å². The molecule has 5 rings (SSSR count). The third kappa shape index (κ3) is 1.83. The van der Waals surface area contributed by atoms with Crippen LogP contribution in [0.3, 0.4) is 0 Å². The fraction of sp³-hybridized carbons (Fsp3) is 0.250. The minimum Gasteiger partial charge on any atom is -0.364 e. The van der Waals surface area contributed by atoms with Crippen molar-refractivity contribution in [1.82, 2.24) is 4.57 Å². The molecule has 1 aromatic heterocycles. The molecule has 1 aliphatic carbocycles. The average molecular weight is 303 g/mol. The SMILES string of the molecule is Cc1c2[n+](cn1-c1ccccc1)[C@@H]1c3ccccc3C[C@@H]1OC2. The van der Waals surface area contributed by atoms with Crippen molar-refractivity contribution in [1.29, 1.82) is 0 Å². The van der Waals surface area contributed by atoms with Crippen molar-refractivity contribution in [2.75, 3.05) is 0 Å². The molecule has 0 saturated carbocycles. The van der Waals surface area contributed by atoms with E-state index < -0.39 is 0 Å². The van der Waals surface area contributed by atoms with Gasteiger partial charge in [-0.1, -0.05) is 42.5 Å². The first-order chi connectivity index (χ1) is 11.3. The second-order valence-electron chi connectivity index (χ2n) is 6.46. The molecular formula is C20H19N2O+. The molecule has 3 aromatic rings. The van der Waals surface area contributed by atoms with Gasteiger partial charge in [-0.15, -0.1) is 0 Å². The quantitative estimate of drug-likeness (QED) is 0.632. The number of rotatable bonds is 1. The molecule has 0 saturated heterocycles. The van der Waals surface area contributed by atoms with Crippen molar-refractivity contribution in [2.24, 2.45) is 0 Å². The Hall–Kier alpha value is -2.39. The molecule has 0 amide bonds. The van der Waals surface area contributed by atoms with Gasteiger partial charge in [0.2, 0.25) is 6.33 Å². The number of benzene rings is 2. The molecular weight excluding hydrogens is 284 g/mol. The van der Waals surface area contributed by atoms with Crippen LogP contribution in [0.15, 0.2) is 60.9 Å². The Morgan fingerprint density at radius 3 is 2.70 bits per heavy atom. The van der Waals surface area contributed by atoms with E-state index in [-0.39, 0.29) is 6.10 Å². The van der Waals surface area contributed by atoms with Gasteiger partial charge in [0.25, 0.3) is 0 Å². The first kappa shape index (κ1) is 13.1. The van der Waals surface area contributed by atoms with E-state index in [1.165, 1.54) is 28.2 Å². The van der Waals surface area contributed by atoms with Gasteiger partial charge in [-0.3, -0.25) is 0 Å². The van der Waals surface area contributed by atoms with Crippen LogP contribution in [-0.2, 0) is 17.8 Å². The average Bonchev–Trinajstić information content (AvgIpc) is 3.13. The van der Waals surface area contributed by atoms with Crippen LogP contribution in [0.1, 0.15) is 28.6 Å². The van der Waals surface area contributed by atoms with Crippen LogP contribution in [0.25, 0.3) is 5.69 Å². The highest BCUT2D eigenvalue weighted by Crippen LogP contribution is 2.36. The summed E-state index contributed by atoms with van der Waals surface area (Å²) in [5.41, 5.74) is 6.59. The first-order valence-corrected chi connectivity index (χ1v) is 8.20. The standard InChI is InChI=1S/C20H19N2O/c1-14-18-12-23-19-11-15-7-5-6-10-17(15)20(19)22(18)13-21(14)16-8-3-2-4-9-16/h2-10,13,19-20H,11-12H2,1H3/q+1/t19-,20+/m0/s1. The minimum atomic E-state index is 0.260. The summed E-state index contributed by atoms with van der Waals surface area (Å²) in [6.07, 6.45) is 3.53. The predicted molar refractivity (Wildman–Crippen MR) is 87.6 cm³/mol. The number of nitrogens with zero attached hydrogens (tertiary/aromatic N) is 2. The topological polar surface area (TPSA) is 18.0 Å². The maximum atomic E-state index is 6.21. The van der Waals surface area contributed by atoms with E-state index in [2.05, 4.69) is 77.0 Å². The molecule has 2 atom stereocenters. The lowest BCUT2D eigenvalue weighted by atomic mass is 10.1. The Morgan fingerprint density at radius 2 is 1.83 bits per heavy atom. The van der Waals surface area contributed by atoms with Gasteiger partial charge < -0.3 is 4.74 Å². The molecule has 114 valence electrons. The number of hydrogen-bond donors (Lipinski definition) is 0. The second kappa shape index (κ2) is 4.80. The summed E-state index contributed by atoms with van der Waals surface area (Å²) in [5, 5.41) is 0. The molecule has 3 heteroatoms. The van der Waals surface area contributed by atoms with E-state index in [1.807, 2.05) is 0 Å². The van der Waals surface area contributed by atoms with Crippen molar-refractivity contribution in [3.05, 3.63) is 83.4 Å². The molecule has 0 unspecified atom stereocenters. The predicted octanol–water partition coefficient (Wildman–Crippen LogP) is 3.12. The lowest BCUT2D eigenvalue weighted by molar-refractivity contribution is -0.738. The number of hydrogen-bond acceptors (Lipinski definition) is 1. The molecule has 0 radical (unpaired) electrons. The van der Waals surface area contributed by atoms with Gasteiger partial charge >= 0.3 is 0 Å². The molecule has 3 nitrogen and oxygen atoms in total. The van der Waals surface area contributed by atoms with Crippen molar-refractivity contribution in [3.63, 3.8) is 0 Å². The summed E-state index contributed by atoms with van der Waals surface area (Å²) in [6.45, 7) is 2.88. The largest absolute Gasteiger partial charge is 0.364 e. The lowest BCUT2D eigenvalue weighted by Gasteiger charge is -2.24. The Morgan fingerprint density at radius 1 is 1.04 bits per heavy atom. The second-order valence-corrected chi connectivity index (χ2v) is 6.46. The van der Waals surface area contributed by atoms with Crippen LogP contribution in [0.4, 0.5) is 0 Å². The zero-order valence-corrected chi connectivity index (χ0v) is 13.1. The number of imidazole rings is 1. The molecule has 2 aromatic carbocycles. The van der Waals surface area contributed by atoms with E-state index in [0.29, 0.717) is 12.6 Å². The van der Waals surface area contributed by atoms with Gasteiger partial charge in [0.15, 0.2) is 17.4 Å². The van der Waals surface area contributed by atoms with Crippen molar-refractivity contribution >= 4 is 0 Å². The fourth-order valence-corrected chi connectivity index (χ4v) is 4.08. The zero-order chi connectivity index (χ0) is 15.4. The van der Waals surface area contributed by atoms with E-state index in [9.17, 15) is 0 Å². The van der Waals surface area contributed by atoms with Crippen LogP contribution in [0.5, 0.6) is 0 Å². The summed E-state index contributed by atoms with van der Waals surface area (Å²) in [5.74, 6) is 0. The summed E-state index contributed by atoms with van der Waals surface area (Å²) in [6, 6.07) is 19.6. The normalized spacial score (nSPS) is 21.6. The van der Waals surface area contributed by atoms with Crippen LogP contribution < -0.4 is 4.57 Å². The van der Waals surface area contributed by atoms with Crippen LogP contribution in [0.2, 0.25) is 0 Å². The zero-order valence-electron chi connectivity index (χ0n) is 13.1. The van der Waals surface area contributed by atoms with Crippen LogP contribution >= 0.6 is 0 Å². The minimum absolute atomic E-state index is 0.260. The Balaban J connectivity index is 1.69. The third-order valence-corrected chi connectivity index (χ3v) is 5.25. The Labute approximate surface area is 135 Å². The number of ether oxygens (including phenoxy) is 1. The molecule has 0 spiro atoms. The number of fused-ring (bicyclic) bond motifs is 5. The number of para-hydroxylation sites is 1. The van der Waals surface area contributed by atoms with E-state index >= 15 is 0 Å². The van der Waals surface area contributed by atoms with Crippen molar-refractivity contribution in [2.45, 2.75) is 32.1 Å². The van der Waals surface area contributed by atoms with Gasteiger partial charge in [-0.05, 0) is 17.7 Å². The Bertz CT molecular complexity index is 882. The lowest BCUT2D eigenvalue weighted by Crippen LogP contribution is -2.51. The van der Waals surface area contributed by atoms with Gasteiger partial charge in [0.05, 0.1) is 0 Å². The van der Waals surface area contributed by atoms with Crippen LogP contribution in [0, 0.1) is 6.92 Å². The maximum absolute atomic E-state index is 6.21. The molecule has 0 bridgehead atoms. The number of aromatic nitrogens is 2. The molecule has 2 aliphatic rings. The first-order valence-electron chi connectivity index (χ1n) is 8.20. The molecule has 0 N–H and O–H groups in total. The highest BCUT2D eigenvalue weighted by molar-refractivity contribution is 5.37. The van der Waals surface area contributed by atoms with Gasteiger partial charge in [-0.2, -0.15) is 4.57 Å². The van der Waals surface area contributed by atoms with Gasteiger partial charge in [0, 0.05) is 18.9 Å². The van der Waals surface area contributed by atoms with Gasteiger partial charge in [0.1, 0.15) is 18.4 Å².